The van der Waals surface area contributed by atoms with E-state index in [0.29, 0.717) is 11.1 Å². The van der Waals surface area contributed by atoms with Crippen LogP contribution in [-0.4, -0.2) is 25.4 Å². The monoisotopic (exact) mass is 415 g/mol. The van der Waals surface area contributed by atoms with Gasteiger partial charge in [0.15, 0.2) is 0 Å². The highest BCUT2D eigenvalue weighted by Crippen LogP contribution is 2.40. The fourth-order valence-electron chi connectivity index (χ4n) is 3.27. The van der Waals surface area contributed by atoms with Crippen LogP contribution < -0.4 is 16.6 Å². The highest BCUT2D eigenvalue weighted by Gasteiger charge is 2.34. The molecule has 8 nitrogen and oxygen atoms in total. The minimum atomic E-state index is -4.48. The van der Waals surface area contributed by atoms with Crippen LogP contribution in [-0.2, 0) is 14.8 Å². The molecule has 2 unspecified atom stereocenters. The van der Waals surface area contributed by atoms with Crippen molar-refractivity contribution in [2.45, 2.75) is 24.2 Å². The van der Waals surface area contributed by atoms with E-state index in [-0.39, 0.29) is 17.7 Å². The molecule has 29 heavy (non-hydrogen) atoms. The largest absolute Gasteiger partial charge is 0.481 e. The van der Waals surface area contributed by atoms with Gasteiger partial charge in [-0.3, -0.25) is 9.59 Å². The molecule has 0 aliphatic carbocycles. The lowest BCUT2D eigenvalue weighted by Crippen LogP contribution is -2.27. The van der Waals surface area contributed by atoms with Gasteiger partial charge in [0.2, 0.25) is 10.0 Å². The van der Waals surface area contributed by atoms with Crippen molar-refractivity contribution in [1.29, 1.82) is 0 Å². The number of sulfonamides is 1. The normalized spacial score (nSPS) is 13.3. The Hall–Kier alpha value is -3.35. The van der Waals surface area contributed by atoms with Crippen LogP contribution >= 0.6 is 0 Å². The van der Waals surface area contributed by atoms with Gasteiger partial charge in [0.05, 0.1) is 17.2 Å². The van der Waals surface area contributed by atoms with E-state index in [1.54, 1.807) is 30.3 Å². The second kappa shape index (κ2) is 8.34. The maximum absolute atomic E-state index is 12.4. The third-order valence-corrected chi connectivity index (χ3v) is 5.72. The molecule has 0 aliphatic rings. The van der Waals surface area contributed by atoms with Crippen molar-refractivity contribution >= 4 is 27.6 Å². The van der Waals surface area contributed by atoms with Crippen LogP contribution in [0.15, 0.2) is 41.3 Å². The lowest BCUT2D eigenvalue weighted by atomic mass is 9.83. The Morgan fingerprint density at radius 3 is 2.28 bits per heavy atom. The fraction of sp³-hybridized carbons (Fsp3) is 0.200. The van der Waals surface area contributed by atoms with Gasteiger partial charge in [-0.15, -0.1) is 12.3 Å². The molecular weight excluding hydrogens is 394 g/mol. The molecule has 0 bridgehead atoms. The van der Waals surface area contributed by atoms with Crippen LogP contribution in [0.1, 0.15) is 35.2 Å². The topological polar surface area (TPSA) is 167 Å². The average molecular weight is 415 g/mol. The lowest BCUT2D eigenvalue weighted by Gasteiger charge is -2.24. The standard InChI is InChI=1S/C20H21N3O5S/c1-3-7-13(20(25)26)11(2)14-10-15(12-8-5-4-6-9-12)17(21)16(19(22)24)18(14)29(23,27)28/h1,4-6,8-11,13H,7,21H2,2H3,(H2,22,24)(H,25,26)(H2,23,27,28). The summed E-state index contributed by atoms with van der Waals surface area (Å²) >= 11 is 0. The molecule has 0 aliphatic heterocycles. The summed E-state index contributed by atoms with van der Waals surface area (Å²) in [5.74, 6) is -2.06. The number of primary sulfonamides is 1. The lowest BCUT2D eigenvalue weighted by molar-refractivity contribution is -0.142. The number of nitrogens with two attached hydrogens (primary N) is 3. The van der Waals surface area contributed by atoms with Gasteiger partial charge in [-0.1, -0.05) is 37.3 Å². The van der Waals surface area contributed by atoms with Crippen molar-refractivity contribution in [2.24, 2.45) is 16.8 Å². The molecule has 0 heterocycles. The second-order valence-corrected chi connectivity index (χ2v) is 8.05. The molecule has 0 fully saturated rings. The van der Waals surface area contributed by atoms with Crippen molar-refractivity contribution in [3.8, 4) is 23.5 Å². The van der Waals surface area contributed by atoms with Crippen molar-refractivity contribution in [3.63, 3.8) is 0 Å². The predicted molar refractivity (Wildman–Crippen MR) is 109 cm³/mol. The Morgan fingerprint density at radius 1 is 1.24 bits per heavy atom. The van der Waals surface area contributed by atoms with Crippen LogP contribution in [0.2, 0.25) is 0 Å². The fourth-order valence-corrected chi connectivity index (χ4v) is 4.34. The molecule has 0 radical (unpaired) electrons. The van der Waals surface area contributed by atoms with Crippen LogP contribution in [0.4, 0.5) is 5.69 Å². The SMILES string of the molecule is C#CCC(C(=O)O)C(C)c1cc(-c2ccccc2)c(N)c(C(N)=O)c1S(N)(=O)=O. The number of aliphatic carboxylic acids is 1. The second-order valence-electron chi connectivity index (χ2n) is 6.55. The van der Waals surface area contributed by atoms with E-state index in [9.17, 15) is 23.1 Å². The van der Waals surface area contributed by atoms with E-state index in [0.717, 1.165) is 0 Å². The van der Waals surface area contributed by atoms with E-state index < -0.39 is 44.2 Å². The summed E-state index contributed by atoms with van der Waals surface area (Å²) in [7, 11) is -4.48. The summed E-state index contributed by atoms with van der Waals surface area (Å²) in [6.07, 6.45) is 5.12. The Morgan fingerprint density at radius 2 is 1.83 bits per heavy atom. The molecule has 2 rings (SSSR count). The molecule has 0 saturated heterocycles. The number of carboxylic acid groups (broad SMARTS) is 1. The van der Waals surface area contributed by atoms with Crippen LogP contribution in [0.25, 0.3) is 11.1 Å². The average Bonchev–Trinajstić information content (AvgIpc) is 2.64. The molecule has 7 N–H and O–H groups in total. The molecule has 2 aromatic carbocycles. The number of amides is 1. The summed E-state index contributed by atoms with van der Waals surface area (Å²) in [5.41, 5.74) is 11.8. The molecule has 2 aromatic rings. The number of hydrogen-bond acceptors (Lipinski definition) is 5. The Bertz CT molecular complexity index is 1110. The molecule has 0 saturated carbocycles. The summed E-state index contributed by atoms with van der Waals surface area (Å²) in [5, 5.41) is 14.9. The number of hydrogen-bond donors (Lipinski definition) is 4. The van der Waals surface area contributed by atoms with E-state index in [4.69, 9.17) is 23.0 Å². The van der Waals surface area contributed by atoms with Gasteiger partial charge < -0.3 is 16.6 Å². The first kappa shape index (κ1) is 21.9. The number of carbonyl (C=O) groups is 2. The van der Waals surface area contributed by atoms with Gasteiger partial charge in [-0.2, -0.15) is 0 Å². The van der Waals surface area contributed by atoms with Crippen molar-refractivity contribution in [1.82, 2.24) is 0 Å². The number of terminal acetylenes is 1. The van der Waals surface area contributed by atoms with Gasteiger partial charge in [0.25, 0.3) is 5.91 Å². The first-order chi connectivity index (χ1) is 13.5. The maximum Gasteiger partial charge on any atom is 0.308 e. The van der Waals surface area contributed by atoms with Crippen molar-refractivity contribution in [3.05, 3.63) is 47.5 Å². The van der Waals surface area contributed by atoms with Gasteiger partial charge in [0.1, 0.15) is 4.90 Å². The summed E-state index contributed by atoms with van der Waals surface area (Å²) in [6.45, 7) is 1.50. The van der Waals surface area contributed by atoms with E-state index in [2.05, 4.69) is 5.92 Å². The molecule has 1 amide bonds. The van der Waals surface area contributed by atoms with E-state index in [1.807, 2.05) is 0 Å². The quantitative estimate of drug-likeness (QED) is 0.395. The van der Waals surface area contributed by atoms with Gasteiger partial charge >= 0.3 is 5.97 Å². The summed E-state index contributed by atoms with van der Waals surface area (Å²) in [4.78, 5) is 23.3. The Balaban J connectivity index is 2.97. The Kier molecular flexibility index (Phi) is 6.31. The molecule has 0 spiro atoms. The highest BCUT2D eigenvalue weighted by atomic mass is 32.2. The predicted octanol–water partition coefficient (Wildman–Crippen LogP) is 1.51. The third-order valence-electron chi connectivity index (χ3n) is 4.71. The number of primary amides is 1. The molecule has 152 valence electrons. The van der Waals surface area contributed by atoms with Gasteiger partial charge in [-0.25, -0.2) is 13.6 Å². The summed E-state index contributed by atoms with van der Waals surface area (Å²) < 4.78 is 24.7. The maximum atomic E-state index is 12.4. The number of benzene rings is 2. The number of carboxylic acids is 1. The Labute approximate surface area is 168 Å². The summed E-state index contributed by atoms with van der Waals surface area (Å²) in [6, 6.07) is 10.1. The first-order valence-corrected chi connectivity index (χ1v) is 10.1. The van der Waals surface area contributed by atoms with Gasteiger partial charge in [0, 0.05) is 12.0 Å². The molecule has 0 aromatic heterocycles. The molecule has 9 heteroatoms. The van der Waals surface area contributed by atoms with Crippen LogP contribution in [0, 0.1) is 18.3 Å². The smallest absolute Gasteiger partial charge is 0.308 e. The minimum absolute atomic E-state index is 0.0111. The van der Waals surface area contributed by atoms with Crippen molar-refractivity contribution < 1.29 is 23.1 Å². The zero-order valence-corrected chi connectivity index (χ0v) is 16.4. The molecular formula is C20H21N3O5S. The third kappa shape index (κ3) is 4.39. The van der Waals surface area contributed by atoms with Crippen LogP contribution in [0.5, 0.6) is 0 Å². The first-order valence-electron chi connectivity index (χ1n) is 8.51. The molecule has 2 atom stereocenters. The van der Waals surface area contributed by atoms with Gasteiger partial charge in [-0.05, 0) is 23.1 Å². The van der Waals surface area contributed by atoms with E-state index >= 15 is 0 Å². The van der Waals surface area contributed by atoms with Crippen LogP contribution in [0.3, 0.4) is 0 Å². The van der Waals surface area contributed by atoms with E-state index in [1.165, 1.54) is 13.0 Å². The number of anilines is 1. The minimum Gasteiger partial charge on any atom is -0.481 e. The number of carbonyl (C=O) groups excluding carboxylic acids is 1. The zero-order chi connectivity index (χ0) is 21.9. The highest BCUT2D eigenvalue weighted by molar-refractivity contribution is 7.89. The number of nitrogen functional groups attached to an aromatic ring is 1. The van der Waals surface area contributed by atoms with Crippen molar-refractivity contribution in [2.75, 3.05) is 5.73 Å². The number of rotatable bonds is 7. The zero-order valence-electron chi connectivity index (χ0n) is 15.6.